The van der Waals surface area contributed by atoms with Crippen LogP contribution in [0.5, 0.6) is 0 Å². The summed E-state index contributed by atoms with van der Waals surface area (Å²) in [7, 11) is 0. The number of esters is 1. The minimum Gasteiger partial charge on any atom is -0.461 e. The number of fused-ring (bicyclic) bond motifs is 1. The summed E-state index contributed by atoms with van der Waals surface area (Å²) >= 11 is 0. The Balaban J connectivity index is 1.79. The fourth-order valence-corrected chi connectivity index (χ4v) is 3.90. The SMILES string of the molecule is CCOC(=O)c1[nH]cc2c1C1CCC2C=C1c1ccccc1. The lowest BCUT2D eigenvalue weighted by Crippen LogP contribution is -2.22. The summed E-state index contributed by atoms with van der Waals surface area (Å²) < 4.78 is 5.21. The molecule has 0 saturated heterocycles. The molecule has 2 aromatic rings. The third-order valence-electron chi connectivity index (χ3n) is 4.81. The van der Waals surface area contributed by atoms with Gasteiger partial charge in [-0.1, -0.05) is 36.4 Å². The first-order valence-corrected chi connectivity index (χ1v) is 7.95. The second-order valence-electron chi connectivity index (χ2n) is 5.98. The van der Waals surface area contributed by atoms with E-state index in [9.17, 15) is 4.79 Å². The highest BCUT2D eigenvalue weighted by Crippen LogP contribution is 2.53. The monoisotopic (exact) mass is 293 g/mol. The molecule has 3 aliphatic rings. The van der Waals surface area contributed by atoms with Crippen LogP contribution in [0.25, 0.3) is 5.57 Å². The number of ether oxygens (including phenoxy) is 1. The van der Waals surface area contributed by atoms with Crippen LogP contribution in [0.15, 0.2) is 42.6 Å². The minimum atomic E-state index is -0.233. The highest BCUT2D eigenvalue weighted by atomic mass is 16.5. The van der Waals surface area contributed by atoms with Gasteiger partial charge < -0.3 is 9.72 Å². The van der Waals surface area contributed by atoms with E-state index in [1.54, 1.807) is 0 Å². The number of aromatic amines is 1. The van der Waals surface area contributed by atoms with E-state index in [0.717, 1.165) is 18.4 Å². The lowest BCUT2D eigenvalue weighted by molar-refractivity contribution is 0.0518. The molecule has 1 aromatic carbocycles. The molecule has 0 fully saturated rings. The van der Waals surface area contributed by atoms with E-state index in [4.69, 9.17) is 4.74 Å². The van der Waals surface area contributed by atoms with Crippen molar-refractivity contribution in [3.05, 3.63) is 65.0 Å². The zero-order valence-corrected chi connectivity index (χ0v) is 12.6. The predicted molar refractivity (Wildman–Crippen MR) is 85.9 cm³/mol. The van der Waals surface area contributed by atoms with Crippen LogP contribution in [-0.2, 0) is 4.74 Å². The molecule has 0 amide bonds. The maximum atomic E-state index is 12.2. The topological polar surface area (TPSA) is 42.1 Å². The number of hydrogen-bond acceptors (Lipinski definition) is 2. The molecule has 3 heteroatoms. The number of benzene rings is 1. The fraction of sp³-hybridized carbons (Fsp3) is 0.316. The molecule has 112 valence electrons. The van der Waals surface area contributed by atoms with E-state index in [0.29, 0.717) is 24.1 Å². The van der Waals surface area contributed by atoms with E-state index >= 15 is 0 Å². The van der Waals surface area contributed by atoms with Gasteiger partial charge in [-0.05, 0) is 42.0 Å². The molecule has 5 rings (SSSR count). The van der Waals surface area contributed by atoms with Crippen molar-refractivity contribution in [3.63, 3.8) is 0 Å². The molecule has 0 radical (unpaired) electrons. The van der Waals surface area contributed by atoms with Gasteiger partial charge in [0, 0.05) is 18.0 Å². The number of allylic oxidation sites excluding steroid dienone is 2. The molecular weight excluding hydrogens is 274 g/mol. The predicted octanol–water partition coefficient (Wildman–Crippen LogP) is 4.25. The quantitative estimate of drug-likeness (QED) is 0.860. The average molecular weight is 293 g/mol. The largest absolute Gasteiger partial charge is 0.461 e. The Morgan fingerprint density at radius 1 is 1.27 bits per heavy atom. The van der Waals surface area contributed by atoms with Crippen LogP contribution in [0.2, 0.25) is 0 Å². The third kappa shape index (κ3) is 1.92. The van der Waals surface area contributed by atoms with Gasteiger partial charge in [0.2, 0.25) is 0 Å². The zero-order valence-electron chi connectivity index (χ0n) is 12.6. The lowest BCUT2D eigenvalue weighted by atomic mass is 9.67. The van der Waals surface area contributed by atoms with E-state index in [1.807, 2.05) is 19.2 Å². The molecule has 3 nitrogen and oxygen atoms in total. The van der Waals surface area contributed by atoms with Gasteiger partial charge in [0.05, 0.1) is 6.61 Å². The van der Waals surface area contributed by atoms with Crippen LogP contribution in [-0.4, -0.2) is 17.6 Å². The van der Waals surface area contributed by atoms with Crippen LogP contribution in [0.3, 0.4) is 0 Å². The molecule has 2 unspecified atom stereocenters. The molecule has 1 N–H and O–H groups in total. The third-order valence-corrected chi connectivity index (χ3v) is 4.81. The van der Waals surface area contributed by atoms with E-state index < -0.39 is 0 Å². The molecule has 2 atom stereocenters. The maximum absolute atomic E-state index is 12.2. The first-order chi connectivity index (χ1) is 10.8. The van der Waals surface area contributed by atoms with Crippen molar-refractivity contribution in [1.82, 2.24) is 4.98 Å². The summed E-state index contributed by atoms with van der Waals surface area (Å²) in [6.07, 6.45) is 6.64. The number of rotatable bonds is 3. The van der Waals surface area contributed by atoms with Crippen molar-refractivity contribution in [2.45, 2.75) is 31.6 Å². The Kier molecular flexibility index (Phi) is 3.14. The zero-order chi connectivity index (χ0) is 15.1. The Labute approximate surface area is 130 Å². The van der Waals surface area contributed by atoms with Crippen molar-refractivity contribution >= 4 is 11.5 Å². The molecule has 2 bridgehead atoms. The molecule has 0 saturated carbocycles. The fourth-order valence-electron chi connectivity index (χ4n) is 3.90. The summed E-state index contributed by atoms with van der Waals surface area (Å²) in [6.45, 7) is 2.25. The number of aromatic nitrogens is 1. The lowest BCUT2D eigenvalue weighted by Gasteiger charge is -2.36. The van der Waals surface area contributed by atoms with Gasteiger partial charge in [-0.3, -0.25) is 0 Å². The molecular formula is C19H19NO2. The average Bonchev–Trinajstić information content (AvgIpc) is 3.03. The summed E-state index contributed by atoms with van der Waals surface area (Å²) in [6, 6.07) is 10.5. The van der Waals surface area contributed by atoms with Crippen LogP contribution >= 0.6 is 0 Å². The Morgan fingerprint density at radius 2 is 2.09 bits per heavy atom. The second-order valence-corrected chi connectivity index (χ2v) is 5.98. The van der Waals surface area contributed by atoms with Gasteiger partial charge >= 0.3 is 5.97 Å². The van der Waals surface area contributed by atoms with Gasteiger partial charge in [0.1, 0.15) is 5.69 Å². The molecule has 3 aliphatic carbocycles. The van der Waals surface area contributed by atoms with Gasteiger partial charge in [-0.15, -0.1) is 0 Å². The van der Waals surface area contributed by atoms with Crippen molar-refractivity contribution < 1.29 is 9.53 Å². The first kappa shape index (κ1) is 13.4. The first-order valence-electron chi connectivity index (χ1n) is 7.95. The van der Waals surface area contributed by atoms with E-state index in [2.05, 4.69) is 35.3 Å². The van der Waals surface area contributed by atoms with Crippen molar-refractivity contribution in [1.29, 1.82) is 0 Å². The second kappa shape index (κ2) is 5.16. The molecule has 0 spiro atoms. The highest BCUT2D eigenvalue weighted by Gasteiger charge is 2.38. The van der Waals surface area contributed by atoms with Gasteiger partial charge in [0.15, 0.2) is 0 Å². The standard InChI is InChI=1S/C19H19NO2/c1-2-22-19(21)18-17-14-9-8-13(16(17)11-20-18)10-15(14)12-6-4-3-5-7-12/h3-7,10-11,13-14,20H,2,8-9H2,1H3. The number of nitrogens with one attached hydrogen (secondary N) is 1. The maximum Gasteiger partial charge on any atom is 0.355 e. The van der Waals surface area contributed by atoms with Crippen molar-refractivity contribution in [2.75, 3.05) is 6.61 Å². The number of hydrogen-bond donors (Lipinski definition) is 1. The number of carbonyl (C=O) groups is 1. The van der Waals surface area contributed by atoms with Gasteiger partial charge in [0.25, 0.3) is 0 Å². The normalized spacial score (nSPS) is 22.1. The Morgan fingerprint density at radius 3 is 2.86 bits per heavy atom. The smallest absolute Gasteiger partial charge is 0.355 e. The summed E-state index contributed by atoms with van der Waals surface area (Å²) in [5.41, 5.74) is 5.71. The Bertz CT molecular complexity index is 742. The van der Waals surface area contributed by atoms with Crippen LogP contribution in [0.4, 0.5) is 0 Å². The highest BCUT2D eigenvalue weighted by molar-refractivity contribution is 5.92. The Hall–Kier alpha value is -2.29. The van der Waals surface area contributed by atoms with Crippen molar-refractivity contribution in [2.24, 2.45) is 0 Å². The van der Waals surface area contributed by atoms with E-state index in [1.165, 1.54) is 16.7 Å². The van der Waals surface area contributed by atoms with Crippen molar-refractivity contribution in [3.8, 4) is 0 Å². The summed E-state index contributed by atoms with van der Waals surface area (Å²) in [5, 5.41) is 0. The van der Waals surface area contributed by atoms with Crippen LogP contribution in [0, 0.1) is 0 Å². The summed E-state index contributed by atoms with van der Waals surface area (Å²) in [4.78, 5) is 15.4. The minimum absolute atomic E-state index is 0.233. The molecule has 1 heterocycles. The number of carbonyl (C=O) groups excluding carboxylic acids is 1. The van der Waals surface area contributed by atoms with Crippen LogP contribution < -0.4 is 0 Å². The number of H-pyrrole nitrogens is 1. The summed E-state index contributed by atoms with van der Waals surface area (Å²) in [5.74, 6) is 0.478. The van der Waals surface area contributed by atoms with Gasteiger partial charge in [-0.2, -0.15) is 0 Å². The molecule has 1 aromatic heterocycles. The molecule has 22 heavy (non-hydrogen) atoms. The molecule has 0 aliphatic heterocycles. The van der Waals surface area contributed by atoms with E-state index in [-0.39, 0.29) is 5.97 Å². The van der Waals surface area contributed by atoms with Gasteiger partial charge in [-0.25, -0.2) is 4.79 Å². The van der Waals surface area contributed by atoms with Crippen LogP contribution in [0.1, 0.15) is 58.8 Å².